The molecule has 27 heavy (non-hydrogen) atoms. The van der Waals surface area contributed by atoms with Crippen molar-refractivity contribution >= 4 is 5.95 Å². The van der Waals surface area contributed by atoms with E-state index in [4.69, 9.17) is 4.74 Å². The summed E-state index contributed by atoms with van der Waals surface area (Å²) in [4.78, 5) is 17.0. The molecule has 0 atom stereocenters. The van der Waals surface area contributed by atoms with Gasteiger partial charge in [0.15, 0.2) is 5.82 Å². The Labute approximate surface area is 153 Å². The van der Waals surface area contributed by atoms with Crippen LogP contribution in [0.3, 0.4) is 0 Å². The molecule has 2 aromatic heterocycles. The predicted octanol–water partition coefficient (Wildman–Crippen LogP) is 2.43. The van der Waals surface area contributed by atoms with Gasteiger partial charge in [0.05, 0.1) is 18.7 Å². The molecule has 0 unspecified atom stereocenters. The molecule has 10 heteroatoms. The maximum Gasteiger partial charge on any atom is 0.421 e. The van der Waals surface area contributed by atoms with E-state index in [0.717, 1.165) is 32.2 Å². The zero-order chi connectivity index (χ0) is 19.2. The van der Waals surface area contributed by atoms with Crippen molar-refractivity contribution in [1.82, 2.24) is 19.7 Å². The van der Waals surface area contributed by atoms with Crippen molar-refractivity contribution in [2.24, 2.45) is 0 Å². The van der Waals surface area contributed by atoms with E-state index in [9.17, 15) is 18.0 Å². The minimum Gasteiger partial charge on any atom is -0.383 e. The summed E-state index contributed by atoms with van der Waals surface area (Å²) in [7, 11) is 1.54. The van der Waals surface area contributed by atoms with Crippen LogP contribution in [0.4, 0.5) is 19.1 Å². The molecular weight excluding hydrogens is 363 g/mol. The zero-order valence-electron chi connectivity index (χ0n) is 14.8. The molecule has 7 nitrogen and oxygen atoms in total. The Bertz CT molecular complexity index is 901. The van der Waals surface area contributed by atoms with Crippen LogP contribution in [0.5, 0.6) is 0 Å². The first-order valence-electron chi connectivity index (χ1n) is 8.86. The summed E-state index contributed by atoms with van der Waals surface area (Å²) in [5, 5.41) is 8.33. The smallest absolute Gasteiger partial charge is 0.383 e. The van der Waals surface area contributed by atoms with Crippen molar-refractivity contribution < 1.29 is 17.9 Å². The number of nitrogens with one attached hydrogen (secondary N) is 1. The molecule has 1 N–H and O–H groups in total. The van der Waals surface area contributed by atoms with E-state index in [1.807, 2.05) is 0 Å². The van der Waals surface area contributed by atoms with Crippen LogP contribution in [-0.4, -0.2) is 45.5 Å². The number of H-pyrrole nitrogens is 1. The summed E-state index contributed by atoms with van der Waals surface area (Å²) in [5.41, 5.74) is -2.41. The Morgan fingerprint density at radius 3 is 2.70 bits per heavy atom. The second kappa shape index (κ2) is 6.36. The van der Waals surface area contributed by atoms with Crippen LogP contribution < -0.4 is 10.3 Å². The molecule has 1 saturated heterocycles. The fourth-order valence-electron chi connectivity index (χ4n) is 3.86. The molecule has 1 saturated carbocycles. The summed E-state index contributed by atoms with van der Waals surface area (Å²) in [6.45, 7) is 1.50. The number of hydrogen-bond donors (Lipinski definition) is 1. The van der Waals surface area contributed by atoms with E-state index in [-0.39, 0.29) is 16.9 Å². The lowest BCUT2D eigenvalue weighted by molar-refractivity contribution is -0.138. The highest BCUT2D eigenvalue weighted by Gasteiger charge is 2.52. The summed E-state index contributed by atoms with van der Waals surface area (Å²) < 4.78 is 46.2. The summed E-state index contributed by atoms with van der Waals surface area (Å²) in [6.07, 6.45) is 1.43. The third-order valence-electron chi connectivity index (χ3n) is 5.41. The first kappa shape index (κ1) is 18.0. The fourth-order valence-corrected chi connectivity index (χ4v) is 3.86. The molecule has 4 rings (SSSR count). The summed E-state index contributed by atoms with van der Waals surface area (Å²) >= 11 is 0. The van der Waals surface area contributed by atoms with Gasteiger partial charge >= 0.3 is 6.18 Å². The lowest BCUT2D eigenvalue weighted by Gasteiger charge is -2.25. The third kappa shape index (κ3) is 3.01. The highest BCUT2D eigenvalue weighted by Crippen LogP contribution is 2.51. The molecule has 0 amide bonds. The maximum atomic E-state index is 13.1. The van der Waals surface area contributed by atoms with Gasteiger partial charge in [-0.25, -0.2) is 0 Å². The summed E-state index contributed by atoms with van der Waals surface area (Å²) in [5.74, 6) is 0.714. The monoisotopic (exact) mass is 383 g/mol. The predicted molar refractivity (Wildman–Crippen MR) is 91.5 cm³/mol. The third-order valence-corrected chi connectivity index (χ3v) is 5.41. The normalized spacial score (nSPS) is 18.4. The van der Waals surface area contributed by atoms with Crippen LogP contribution >= 0.6 is 0 Å². The molecule has 0 aromatic carbocycles. The van der Waals surface area contributed by atoms with E-state index in [1.165, 1.54) is 6.20 Å². The molecule has 2 fully saturated rings. The fraction of sp³-hybridized carbons (Fsp3) is 0.588. The highest BCUT2D eigenvalue weighted by molar-refractivity contribution is 5.58. The van der Waals surface area contributed by atoms with Crippen LogP contribution in [0.2, 0.25) is 0 Å². The molecule has 1 aliphatic carbocycles. The summed E-state index contributed by atoms with van der Waals surface area (Å²) in [6, 6.07) is 0. The standard InChI is InChI=1S/C17H20F3N5O2/c1-27-8-7-24-14(11-9-21-10-12(13(11)26)17(18,19)20)22-23-15(24)25-6-2-3-16(25)4-5-16/h9-10H,2-8H2,1H3,(H,21,26). The van der Waals surface area contributed by atoms with Crippen LogP contribution in [0, 0.1) is 0 Å². The first-order chi connectivity index (χ1) is 12.9. The van der Waals surface area contributed by atoms with E-state index >= 15 is 0 Å². The molecule has 0 radical (unpaired) electrons. The number of anilines is 1. The van der Waals surface area contributed by atoms with Gasteiger partial charge in [0.1, 0.15) is 5.56 Å². The van der Waals surface area contributed by atoms with Gasteiger partial charge in [-0.1, -0.05) is 0 Å². The Balaban J connectivity index is 1.81. The molecule has 1 spiro atoms. The average Bonchev–Trinajstić information content (AvgIpc) is 3.09. The lowest BCUT2D eigenvalue weighted by Crippen LogP contribution is -2.34. The topological polar surface area (TPSA) is 76.0 Å². The maximum absolute atomic E-state index is 13.1. The number of pyridine rings is 1. The number of aromatic amines is 1. The van der Waals surface area contributed by atoms with Gasteiger partial charge in [-0.2, -0.15) is 13.2 Å². The average molecular weight is 383 g/mol. The largest absolute Gasteiger partial charge is 0.421 e. The number of ether oxygens (including phenoxy) is 1. The van der Waals surface area contributed by atoms with Gasteiger partial charge in [0, 0.05) is 31.6 Å². The van der Waals surface area contributed by atoms with Gasteiger partial charge in [0.25, 0.3) is 0 Å². The van der Waals surface area contributed by atoms with Crippen molar-refractivity contribution in [2.75, 3.05) is 25.2 Å². The number of alkyl halides is 3. The molecule has 0 bridgehead atoms. The number of aromatic nitrogens is 4. The van der Waals surface area contributed by atoms with Gasteiger partial charge in [-0.15, -0.1) is 10.2 Å². The number of halogens is 3. The van der Waals surface area contributed by atoms with E-state index < -0.39 is 17.2 Å². The van der Waals surface area contributed by atoms with E-state index in [2.05, 4.69) is 20.1 Å². The lowest BCUT2D eigenvalue weighted by atomic mass is 10.1. The van der Waals surface area contributed by atoms with Crippen molar-refractivity contribution in [1.29, 1.82) is 0 Å². The Kier molecular flexibility index (Phi) is 4.25. The molecule has 2 aliphatic rings. The quantitative estimate of drug-likeness (QED) is 0.858. The molecule has 1 aliphatic heterocycles. The van der Waals surface area contributed by atoms with E-state index in [0.29, 0.717) is 25.3 Å². The van der Waals surface area contributed by atoms with Crippen molar-refractivity contribution in [3.63, 3.8) is 0 Å². The Hall–Kier alpha value is -2.36. The SMILES string of the molecule is COCCn1c(-c2c[nH]cc(C(F)(F)F)c2=O)nnc1N1CCCC12CC2. The molecule has 3 heterocycles. The minimum absolute atomic E-state index is 0.0926. The van der Waals surface area contributed by atoms with Crippen molar-refractivity contribution in [3.05, 3.63) is 28.2 Å². The number of methoxy groups -OCH3 is 1. The van der Waals surface area contributed by atoms with Crippen LogP contribution in [0.15, 0.2) is 17.2 Å². The second-order valence-corrected chi connectivity index (χ2v) is 7.06. The highest BCUT2D eigenvalue weighted by atomic mass is 19.4. The Morgan fingerprint density at radius 2 is 2.04 bits per heavy atom. The van der Waals surface area contributed by atoms with Gasteiger partial charge < -0.3 is 14.6 Å². The minimum atomic E-state index is -4.74. The van der Waals surface area contributed by atoms with E-state index in [1.54, 1.807) is 11.7 Å². The molecule has 2 aromatic rings. The number of nitrogens with zero attached hydrogens (tertiary/aromatic N) is 4. The molecular formula is C17H20F3N5O2. The number of rotatable bonds is 5. The van der Waals surface area contributed by atoms with Gasteiger partial charge in [0.2, 0.25) is 11.4 Å². The Morgan fingerprint density at radius 1 is 1.26 bits per heavy atom. The van der Waals surface area contributed by atoms with Gasteiger partial charge in [-0.05, 0) is 25.7 Å². The number of hydrogen-bond acceptors (Lipinski definition) is 5. The van der Waals surface area contributed by atoms with Gasteiger partial charge in [-0.3, -0.25) is 9.36 Å². The van der Waals surface area contributed by atoms with Crippen molar-refractivity contribution in [3.8, 4) is 11.4 Å². The van der Waals surface area contributed by atoms with Crippen LogP contribution in [-0.2, 0) is 17.5 Å². The van der Waals surface area contributed by atoms with Crippen LogP contribution in [0.25, 0.3) is 11.4 Å². The zero-order valence-corrected chi connectivity index (χ0v) is 14.8. The van der Waals surface area contributed by atoms with Crippen molar-refractivity contribution in [2.45, 2.75) is 43.9 Å². The molecule has 146 valence electrons. The van der Waals surface area contributed by atoms with Crippen LogP contribution in [0.1, 0.15) is 31.2 Å². The first-order valence-corrected chi connectivity index (χ1v) is 8.86. The second-order valence-electron chi connectivity index (χ2n) is 7.06.